The maximum absolute atomic E-state index is 12.6. The van der Waals surface area contributed by atoms with Gasteiger partial charge in [-0.1, -0.05) is 31.5 Å². The molecule has 0 bridgehead atoms. The number of para-hydroxylation sites is 1. The van der Waals surface area contributed by atoms with Crippen LogP contribution in [0.5, 0.6) is 5.75 Å². The highest BCUT2D eigenvalue weighted by atomic mass is 16.5. The van der Waals surface area contributed by atoms with Gasteiger partial charge in [0.2, 0.25) is 0 Å². The third-order valence-corrected chi connectivity index (χ3v) is 5.51. The molecular weight excluding hydrogens is 380 g/mol. The molecule has 0 saturated carbocycles. The lowest BCUT2D eigenvalue weighted by Crippen LogP contribution is -2.50. The molecule has 1 aromatic carbocycles. The first-order chi connectivity index (χ1) is 14.6. The molecule has 0 radical (unpaired) electrons. The van der Waals surface area contributed by atoms with E-state index in [0.717, 1.165) is 48.9 Å². The van der Waals surface area contributed by atoms with Gasteiger partial charge in [-0.2, -0.15) is 4.98 Å². The lowest BCUT2D eigenvalue weighted by molar-refractivity contribution is -0.133. The zero-order valence-corrected chi connectivity index (χ0v) is 17.8. The Morgan fingerprint density at radius 2 is 1.87 bits per heavy atom. The van der Waals surface area contributed by atoms with Crippen molar-refractivity contribution >= 4 is 17.5 Å². The van der Waals surface area contributed by atoms with Crippen LogP contribution in [0.4, 0.5) is 5.82 Å². The van der Waals surface area contributed by atoms with Crippen LogP contribution in [0.3, 0.4) is 0 Å². The molecule has 1 saturated heterocycles. The molecule has 0 N–H and O–H groups in total. The Morgan fingerprint density at radius 3 is 2.60 bits per heavy atom. The van der Waals surface area contributed by atoms with Crippen LogP contribution in [0.15, 0.2) is 30.3 Å². The predicted molar refractivity (Wildman–Crippen MR) is 115 cm³/mol. The Balaban J connectivity index is 1.39. The van der Waals surface area contributed by atoms with Gasteiger partial charge in [0.25, 0.3) is 11.7 Å². The van der Waals surface area contributed by atoms with Crippen LogP contribution >= 0.6 is 0 Å². The summed E-state index contributed by atoms with van der Waals surface area (Å²) in [7, 11) is 0. The van der Waals surface area contributed by atoms with Crippen LogP contribution in [0.2, 0.25) is 0 Å². The number of anilines is 1. The first-order valence-electron chi connectivity index (χ1n) is 10.5. The van der Waals surface area contributed by atoms with Gasteiger partial charge in [-0.15, -0.1) is 10.2 Å². The average molecular weight is 409 g/mol. The minimum absolute atomic E-state index is 0.0149. The van der Waals surface area contributed by atoms with Crippen molar-refractivity contribution in [2.24, 2.45) is 0 Å². The fourth-order valence-corrected chi connectivity index (χ4v) is 3.84. The number of aryl methyl sites for hydroxylation is 3. The molecule has 4 rings (SSSR count). The van der Waals surface area contributed by atoms with Crippen LogP contribution in [-0.4, -0.2) is 63.2 Å². The van der Waals surface area contributed by atoms with Gasteiger partial charge in [0.05, 0.1) is 0 Å². The van der Waals surface area contributed by atoms with Crippen molar-refractivity contribution in [3.05, 3.63) is 47.4 Å². The predicted octanol–water partition coefficient (Wildman–Crippen LogP) is 2.42. The molecule has 30 heavy (non-hydrogen) atoms. The zero-order valence-electron chi connectivity index (χ0n) is 17.8. The first kappa shape index (κ1) is 20.1. The quantitative estimate of drug-likeness (QED) is 0.624. The number of ether oxygens (including phenoxy) is 1. The SMILES string of the molecule is CCCc1cc(N2CCN(C(=O)COc3ccccc3C)CC2)nc2nnc(C)n12. The molecule has 8 nitrogen and oxygen atoms in total. The summed E-state index contributed by atoms with van der Waals surface area (Å²) in [5.74, 6) is 3.17. The Hall–Kier alpha value is -3.16. The van der Waals surface area contributed by atoms with Crippen molar-refractivity contribution in [2.45, 2.75) is 33.6 Å². The monoisotopic (exact) mass is 408 g/mol. The van der Waals surface area contributed by atoms with Gasteiger partial charge < -0.3 is 14.5 Å². The molecule has 3 aromatic rings. The molecule has 2 aromatic heterocycles. The van der Waals surface area contributed by atoms with E-state index in [9.17, 15) is 4.79 Å². The highest BCUT2D eigenvalue weighted by Crippen LogP contribution is 2.20. The van der Waals surface area contributed by atoms with Crippen molar-refractivity contribution in [3.63, 3.8) is 0 Å². The van der Waals surface area contributed by atoms with E-state index in [0.29, 0.717) is 18.9 Å². The summed E-state index contributed by atoms with van der Waals surface area (Å²) in [6.07, 6.45) is 1.99. The van der Waals surface area contributed by atoms with Crippen molar-refractivity contribution in [1.29, 1.82) is 0 Å². The highest BCUT2D eigenvalue weighted by molar-refractivity contribution is 5.78. The molecule has 0 atom stereocenters. The molecule has 3 heterocycles. The fourth-order valence-electron chi connectivity index (χ4n) is 3.84. The van der Waals surface area contributed by atoms with Gasteiger partial charge in [0.1, 0.15) is 17.4 Å². The van der Waals surface area contributed by atoms with Gasteiger partial charge in [-0.05, 0) is 31.9 Å². The van der Waals surface area contributed by atoms with E-state index in [1.807, 2.05) is 47.4 Å². The normalized spacial score (nSPS) is 14.4. The molecule has 1 fully saturated rings. The van der Waals surface area contributed by atoms with E-state index in [2.05, 4.69) is 28.1 Å². The van der Waals surface area contributed by atoms with Crippen LogP contribution in [-0.2, 0) is 11.2 Å². The maximum Gasteiger partial charge on any atom is 0.260 e. The highest BCUT2D eigenvalue weighted by Gasteiger charge is 2.23. The van der Waals surface area contributed by atoms with Crippen molar-refractivity contribution < 1.29 is 9.53 Å². The lowest BCUT2D eigenvalue weighted by Gasteiger charge is -2.35. The molecule has 8 heteroatoms. The van der Waals surface area contributed by atoms with Crippen LogP contribution in [0, 0.1) is 13.8 Å². The number of fused-ring (bicyclic) bond motifs is 1. The number of carbonyl (C=O) groups excluding carboxylic acids is 1. The van der Waals surface area contributed by atoms with Gasteiger partial charge in [0, 0.05) is 37.9 Å². The number of amides is 1. The summed E-state index contributed by atoms with van der Waals surface area (Å²) in [6, 6.07) is 9.88. The second-order valence-electron chi connectivity index (χ2n) is 7.66. The summed E-state index contributed by atoms with van der Waals surface area (Å²) < 4.78 is 7.74. The molecule has 158 valence electrons. The number of hydrogen-bond acceptors (Lipinski definition) is 6. The molecule has 1 amide bonds. The van der Waals surface area contributed by atoms with E-state index >= 15 is 0 Å². The number of piperazine rings is 1. The summed E-state index contributed by atoms with van der Waals surface area (Å²) in [6.45, 7) is 8.92. The summed E-state index contributed by atoms with van der Waals surface area (Å²) in [5.41, 5.74) is 2.20. The Labute approximate surface area is 176 Å². The average Bonchev–Trinajstić information content (AvgIpc) is 3.14. The minimum atomic E-state index is 0.0149. The van der Waals surface area contributed by atoms with Gasteiger partial charge in [0.15, 0.2) is 6.61 Å². The summed E-state index contributed by atoms with van der Waals surface area (Å²) >= 11 is 0. The van der Waals surface area contributed by atoms with E-state index < -0.39 is 0 Å². The molecule has 0 spiro atoms. The van der Waals surface area contributed by atoms with E-state index in [1.54, 1.807) is 0 Å². The zero-order chi connectivity index (χ0) is 21.1. The first-order valence-corrected chi connectivity index (χ1v) is 10.5. The molecule has 1 aliphatic rings. The van der Waals surface area contributed by atoms with E-state index in [-0.39, 0.29) is 12.5 Å². The summed E-state index contributed by atoms with van der Waals surface area (Å²) in [4.78, 5) is 21.4. The van der Waals surface area contributed by atoms with Gasteiger partial charge in [-0.25, -0.2) is 0 Å². The third-order valence-electron chi connectivity index (χ3n) is 5.51. The third kappa shape index (κ3) is 4.08. The number of hydrogen-bond donors (Lipinski definition) is 0. The van der Waals surface area contributed by atoms with Crippen LogP contribution < -0.4 is 9.64 Å². The smallest absolute Gasteiger partial charge is 0.260 e. The Kier molecular flexibility index (Phi) is 5.83. The molecule has 0 aliphatic carbocycles. The van der Waals surface area contributed by atoms with E-state index in [1.165, 1.54) is 5.69 Å². The van der Waals surface area contributed by atoms with Gasteiger partial charge in [-0.3, -0.25) is 9.20 Å². The largest absolute Gasteiger partial charge is 0.484 e. The van der Waals surface area contributed by atoms with Gasteiger partial charge >= 0.3 is 0 Å². The lowest BCUT2D eigenvalue weighted by atomic mass is 10.2. The maximum atomic E-state index is 12.6. The van der Waals surface area contributed by atoms with Crippen molar-refractivity contribution in [1.82, 2.24) is 24.5 Å². The second-order valence-corrected chi connectivity index (χ2v) is 7.66. The Bertz CT molecular complexity index is 1040. The minimum Gasteiger partial charge on any atom is -0.484 e. The van der Waals surface area contributed by atoms with Crippen molar-refractivity contribution in [3.8, 4) is 5.75 Å². The number of nitrogens with zero attached hydrogens (tertiary/aromatic N) is 6. The van der Waals surface area contributed by atoms with Crippen LogP contribution in [0.25, 0.3) is 5.78 Å². The Morgan fingerprint density at radius 1 is 1.10 bits per heavy atom. The molecule has 1 aliphatic heterocycles. The molecular formula is C22H28N6O2. The molecule has 0 unspecified atom stereocenters. The fraction of sp³-hybridized carbons (Fsp3) is 0.455. The summed E-state index contributed by atoms with van der Waals surface area (Å²) in [5, 5.41) is 8.39. The number of benzene rings is 1. The van der Waals surface area contributed by atoms with Crippen LogP contribution in [0.1, 0.15) is 30.4 Å². The number of aromatic nitrogens is 4. The second kappa shape index (κ2) is 8.69. The number of carbonyl (C=O) groups is 1. The van der Waals surface area contributed by atoms with E-state index in [4.69, 9.17) is 9.72 Å². The standard InChI is InChI=1S/C22H28N6O2/c1-4-7-18-14-20(23-22-25-24-17(3)28(18)22)26-10-12-27(13-11-26)21(29)15-30-19-9-6-5-8-16(19)2/h5-6,8-9,14H,4,7,10-13,15H2,1-3H3. The topological polar surface area (TPSA) is 75.9 Å². The number of rotatable bonds is 6. The van der Waals surface area contributed by atoms with Crippen molar-refractivity contribution in [2.75, 3.05) is 37.7 Å².